The average Bonchev–Trinajstić information content (AvgIpc) is 3.15. The average molecular weight is 317 g/mol. The molecule has 2 atom stereocenters. The number of carbonyl (C=O) groups is 1. The number of hydrogen-bond donors (Lipinski definition) is 1. The molecule has 0 aliphatic carbocycles. The van der Waals surface area contributed by atoms with Gasteiger partial charge >= 0.3 is 5.69 Å². The van der Waals surface area contributed by atoms with Crippen LogP contribution in [0.1, 0.15) is 26.2 Å². The summed E-state index contributed by atoms with van der Waals surface area (Å²) in [6.07, 6.45) is 2.44. The van der Waals surface area contributed by atoms with E-state index >= 15 is 0 Å². The molecule has 2 aromatic rings. The lowest BCUT2D eigenvalue weighted by Gasteiger charge is -2.20. The number of aromatic nitrogens is 2. The first-order chi connectivity index (χ1) is 11.1. The molecule has 124 valence electrons. The number of nitrogens with one attached hydrogen (secondary N) is 1. The van der Waals surface area contributed by atoms with Gasteiger partial charge in [-0.15, -0.1) is 0 Å². The molecule has 0 saturated carbocycles. The van der Waals surface area contributed by atoms with Crippen molar-refractivity contribution < 1.29 is 9.53 Å². The lowest BCUT2D eigenvalue weighted by molar-refractivity contribution is -0.122. The van der Waals surface area contributed by atoms with Gasteiger partial charge in [-0.1, -0.05) is 12.1 Å². The van der Waals surface area contributed by atoms with Crippen LogP contribution in [-0.4, -0.2) is 33.8 Å². The molecule has 0 bridgehead atoms. The molecule has 0 radical (unpaired) electrons. The molecule has 6 nitrogen and oxygen atoms in total. The van der Waals surface area contributed by atoms with Gasteiger partial charge in [0.1, 0.15) is 0 Å². The number of amides is 1. The zero-order valence-corrected chi connectivity index (χ0v) is 13.6. The number of hydrogen-bond acceptors (Lipinski definition) is 3. The summed E-state index contributed by atoms with van der Waals surface area (Å²) in [5.74, 6) is -0.0483. The second-order valence-corrected chi connectivity index (χ2v) is 6.14. The summed E-state index contributed by atoms with van der Waals surface area (Å²) in [7, 11) is 1.75. The van der Waals surface area contributed by atoms with Crippen LogP contribution in [0.2, 0.25) is 0 Å². The van der Waals surface area contributed by atoms with E-state index in [1.807, 2.05) is 31.2 Å². The number of aryl methyl sites for hydroxylation is 2. The monoisotopic (exact) mass is 317 g/mol. The standard InChI is InChI=1S/C17H23N3O3/c1-12(15-8-5-11-23-15)18-16(21)9-10-20-14-7-4-3-6-13(14)19(2)17(20)22/h3-4,6-7,12,15H,5,8-11H2,1-2H3,(H,18,21)/t12-,15-/m0/s1. The first-order valence-electron chi connectivity index (χ1n) is 8.13. The Labute approximate surface area is 135 Å². The molecule has 1 N–H and O–H groups in total. The second-order valence-electron chi connectivity index (χ2n) is 6.14. The molecule has 1 aliphatic heterocycles. The van der Waals surface area contributed by atoms with E-state index < -0.39 is 0 Å². The highest BCUT2D eigenvalue weighted by molar-refractivity contribution is 5.78. The quantitative estimate of drug-likeness (QED) is 0.907. The summed E-state index contributed by atoms with van der Waals surface area (Å²) in [5.41, 5.74) is 1.65. The van der Waals surface area contributed by atoms with Gasteiger partial charge in [-0.2, -0.15) is 0 Å². The molecule has 2 heterocycles. The Kier molecular flexibility index (Phi) is 4.52. The van der Waals surface area contributed by atoms with Gasteiger partial charge in [0.15, 0.2) is 0 Å². The normalized spacial score (nSPS) is 19.1. The van der Waals surface area contributed by atoms with Crippen LogP contribution in [0, 0.1) is 0 Å². The van der Waals surface area contributed by atoms with Crippen molar-refractivity contribution in [2.24, 2.45) is 7.05 Å². The summed E-state index contributed by atoms with van der Waals surface area (Å²) in [6, 6.07) is 7.63. The van der Waals surface area contributed by atoms with Gasteiger partial charge < -0.3 is 10.1 Å². The number of fused-ring (bicyclic) bond motifs is 1. The van der Waals surface area contributed by atoms with Gasteiger partial charge in [0, 0.05) is 26.6 Å². The highest BCUT2D eigenvalue weighted by atomic mass is 16.5. The molecule has 1 amide bonds. The van der Waals surface area contributed by atoms with E-state index in [4.69, 9.17) is 4.74 Å². The van der Waals surface area contributed by atoms with Crippen LogP contribution in [0.15, 0.2) is 29.1 Å². The van der Waals surface area contributed by atoms with Gasteiger partial charge in [0.25, 0.3) is 0 Å². The lowest BCUT2D eigenvalue weighted by Crippen LogP contribution is -2.41. The van der Waals surface area contributed by atoms with E-state index in [1.165, 1.54) is 0 Å². The van der Waals surface area contributed by atoms with Crippen molar-refractivity contribution in [2.45, 2.75) is 44.9 Å². The molecule has 0 spiro atoms. The molecular formula is C17H23N3O3. The molecule has 3 rings (SSSR count). The number of carbonyl (C=O) groups excluding carboxylic acids is 1. The van der Waals surface area contributed by atoms with Crippen LogP contribution in [-0.2, 0) is 23.1 Å². The molecule has 6 heteroatoms. The van der Waals surface area contributed by atoms with Gasteiger partial charge in [0.05, 0.1) is 23.2 Å². The van der Waals surface area contributed by atoms with Crippen LogP contribution in [0.4, 0.5) is 0 Å². The maximum absolute atomic E-state index is 12.3. The second kappa shape index (κ2) is 6.58. The zero-order chi connectivity index (χ0) is 16.4. The van der Waals surface area contributed by atoms with E-state index in [0.29, 0.717) is 6.54 Å². The smallest absolute Gasteiger partial charge is 0.328 e. The van der Waals surface area contributed by atoms with Crippen molar-refractivity contribution in [3.05, 3.63) is 34.7 Å². The Morgan fingerprint density at radius 1 is 1.39 bits per heavy atom. The maximum atomic E-state index is 12.3. The highest BCUT2D eigenvalue weighted by Gasteiger charge is 2.23. The maximum Gasteiger partial charge on any atom is 0.328 e. The third kappa shape index (κ3) is 3.17. The van der Waals surface area contributed by atoms with Crippen molar-refractivity contribution in [3.63, 3.8) is 0 Å². The number of benzene rings is 1. The Balaban J connectivity index is 1.65. The topological polar surface area (TPSA) is 65.3 Å². The third-order valence-electron chi connectivity index (χ3n) is 4.53. The van der Waals surface area contributed by atoms with E-state index in [1.54, 1.807) is 16.2 Å². The van der Waals surface area contributed by atoms with E-state index in [9.17, 15) is 9.59 Å². The fraction of sp³-hybridized carbons (Fsp3) is 0.529. The molecule has 1 fully saturated rings. The number of imidazole rings is 1. The van der Waals surface area contributed by atoms with Crippen molar-refractivity contribution in [1.82, 2.24) is 14.5 Å². The Hall–Kier alpha value is -2.08. The molecule has 1 aliphatic rings. The first-order valence-corrected chi connectivity index (χ1v) is 8.13. The minimum Gasteiger partial charge on any atom is -0.376 e. The summed E-state index contributed by atoms with van der Waals surface area (Å²) >= 11 is 0. The summed E-state index contributed by atoms with van der Waals surface area (Å²) in [4.78, 5) is 24.5. The fourth-order valence-corrected chi connectivity index (χ4v) is 3.21. The summed E-state index contributed by atoms with van der Waals surface area (Å²) < 4.78 is 8.86. The van der Waals surface area contributed by atoms with Gasteiger partial charge in [-0.3, -0.25) is 13.9 Å². The van der Waals surface area contributed by atoms with E-state index in [2.05, 4.69) is 5.32 Å². The molecular weight excluding hydrogens is 294 g/mol. The molecule has 1 aromatic carbocycles. The highest BCUT2D eigenvalue weighted by Crippen LogP contribution is 2.15. The Morgan fingerprint density at radius 2 is 2.13 bits per heavy atom. The minimum absolute atomic E-state index is 0.00856. The Bertz CT molecular complexity index is 756. The van der Waals surface area contributed by atoms with E-state index in [-0.39, 0.29) is 30.2 Å². The van der Waals surface area contributed by atoms with Gasteiger partial charge in [-0.05, 0) is 31.9 Å². The molecule has 23 heavy (non-hydrogen) atoms. The van der Waals surface area contributed by atoms with Crippen molar-refractivity contribution in [2.75, 3.05) is 6.61 Å². The molecule has 1 aromatic heterocycles. The van der Waals surface area contributed by atoms with Gasteiger partial charge in [0.2, 0.25) is 5.91 Å². The summed E-state index contributed by atoms with van der Waals surface area (Å²) in [6.45, 7) is 3.12. The Morgan fingerprint density at radius 3 is 2.83 bits per heavy atom. The van der Waals surface area contributed by atoms with Crippen LogP contribution < -0.4 is 11.0 Å². The number of para-hydroxylation sites is 2. The largest absolute Gasteiger partial charge is 0.376 e. The van der Waals surface area contributed by atoms with Crippen LogP contribution >= 0.6 is 0 Å². The number of rotatable bonds is 5. The molecule has 0 unspecified atom stereocenters. The lowest BCUT2D eigenvalue weighted by atomic mass is 10.1. The van der Waals surface area contributed by atoms with Crippen molar-refractivity contribution >= 4 is 16.9 Å². The minimum atomic E-state index is -0.0915. The number of nitrogens with zero attached hydrogens (tertiary/aromatic N) is 2. The van der Waals surface area contributed by atoms with Crippen molar-refractivity contribution in [1.29, 1.82) is 0 Å². The SMILES string of the molecule is C[C@H](NC(=O)CCn1c(=O)n(C)c2ccccc21)[C@@H]1CCCO1. The zero-order valence-electron chi connectivity index (χ0n) is 13.6. The van der Waals surface area contributed by atoms with Gasteiger partial charge in [-0.25, -0.2) is 4.79 Å². The predicted molar refractivity (Wildman–Crippen MR) is 88.4 cm³/mol. The molecule has 1 saturated heterocycles. The summed E-state index contributed by atoms with van der Waals surface area (Å²) in [5, 5.41) is 2.98. The van der Waals surface area contributed by atoms with Crippen LogP contribution in [0.3, 0.4) is 0 Å². The van der Waals surface area contributed by atoms with Crippen molar-refractivity contribution in [3.8, 4) is 0 Å². The van der Waals surface area contributed by atoms with E-state index in [0.717, 1.165) is 30.5 Å². The third-order valence-corrected chi connectivity index (χ3v) is 4.53. The number of ether oxygens (including phenoxy) is 1. The first kappa shape index (κ1) is 15.8. The van der Waals surface area contributed by atoms with Crippen LogP contribution in [0.25, 0.3) is 11.0 Å². The predicted octanol–water partition coefficient (Wildman–Crippen LogP) is 1.41. The fourth-order valence-electron chi connectivity index (χ4n) is 3.21. The van der Waals surface area contributed by atoms with Crippen LogP contribution in [0.5, 0.6) is 0 Å².